The van der Waals surface area contributed by atoms with Gasteiger partial charge in [-0.1, -0.05) is 41.9 Å². The van der Waals surface area contributed by atoms with Crippen LogP contribution in [-0.4, -0.2) is 28.4 Å². The first-order valence-electron chi connectivity index (χ1n) is 11.3. The molecule has 30 heavy (non-hydrogen) atoms. The lowest BCUT2D eigenvalue weighted by Gasteiger charge is -2.60. The van der Waals surface area contributed by atoms with Crippen LogP contribution in [0, 0.1) is 28.6 Å². The van der Waals surface area contributed by atoms with Crippen molar-refractivity contribution in [2.45, 2.75) is 71.4 Å². The lowest BCUT2D eigenvalue weighted by atomic mass is 9.47. The molecule has 4 nitrogen and oxygen atoms in total. The van der Waals surface area contributed by atoms with E-state index < -0.39 is 5.41 Å². The summed E-state index contributed by atoms with van der Waals surface area (Å²) >= 11 is 3.48. The number of likely N-dealkylation sites (tertiary alicyclic amines) is 1. The summed E-state index contributed by atoms with van der Waals surface area (Å²) in [5, 5.41) is 0. The van der Waals surface area contributed by atoms with E-state index >= 15 is 0 Å². The van der Waals surface area contributed by atoms with E-state index in [1.54, 1.807) is 0 Å². The van der Waals surface area contributed by atoms with Crippen LogP contribution in [0.15, 0.2) is 28.7 Å². The number of nitrogens with zero attached hydrogens (tertiary/aromatic N) is 1. The number of piperidine rings is 1. The smallest absolute Gasteiger partial charge is 0.223 e. The molecule has 0 radical (unpaired) electrons. The van der Waals surface area contributed by atoms with Crippen molar-refractivity contribution in [3.05, 3.63) is 34.3 Å². The molecule has 5 rings (SSSR count). The predicted octanol–water partition coefficient (Wildman–Crippen LogP) is 4.93. The number of amides is 1. The number of rotatable bonds is 2. The van der Waals surface area contributed by atoms with E-state index in [-0.39, 0.29) is 29.1 Å². The minimum Gasteiger partial charge on any atom is -0.335 e. The molecule has 1 aromatic rings. The SMILES string of the molecule is C[C@]12CCC(=O)N(Cc3ccc(Br)cc3)C1CC[C@@H]1[C@@H]2C(=O)C[C@]2(C)C(=O)CC[C@@H]12. The third kappa shape index (κ3) is 2.87. The van der Waals surface area contributed by atoms with Gasteiger partial charge >= 0.3 is 0 Å². The van der Waals surface area contributed by atoms with Crippen LogP contribution in [-0.2, 0) is 20.9 Å². The number of hydrogen-bond donors (Lipinski definition) is 0. The number of fused-ring (bicyclic) bond motifs is 5. The monoisotopic (exact) mass is 471 g/mol. The van der Waals surface area contributed by atoms with Gasteiger partial charge in [-0.25, -0.2) is 0 Å². The van der Waals surface area contributed by atoms with Gasteiger partial charge in [0.1, 0.15) is 11.6 Å². The number of Topliss-reactive ketones (excluding diaryl/α,β-unsaturated/α-hetero) is 2. The number of hydrogen-bond acceptors (Lipinski definition) is 3. The van der Waals surface area contributed by atoms with Gasteiger partial charge in [0.25, 0.3) is 0 Å². The fourth-order valence-corrected chi connectivity index (χ4v) is 7.85. The lowest BCUT2D eigenvalue weighted by molar-refractivity contribution is -0.171. The van der Waals surface area contributed by atoms with Crippen molar-refractivity contribution in [1.29, 1.82) is 0 Å². The largest absolute Gasteiger partial charge is 0.335 e. The molecule has 1 saturated heterocycles. The maximum atomic E-state index is 13.5. The van der Waals surface area contributed by atoms with Crippen LogP contribution in [0.25, 0.3) is 0 Å². The maximum Gasteiger partial charge on any atom is 0.223 e. The molecule has 6 atom stereocenters. The fourth-order valence-electron chi connectivity index (χ4n) is 7.58. The van der Waals surface area contributed by atoms with Gasteiger partial charge in [-0.3, -0.25) is 14.4 Å². The van der Waals surface area contributed by atoms with E-state index in [0.29, 0.717) is 43.4 Å². The molecule has 3 saturated carbocycles. The predicted molar refractivity (Wildman–Crippen MR) is 117 cm³/mol. The highest BCUT2D eigenvalue weighted by molar-refractivity contribution is 9.10. The van der Waals surface area contributed by atoms with E-state index in [0.717, 1.165) is 35.7 Å². The van der Waals surface area contributed by atoms with E-state index in [1.165, 1.54) is 0 Å². The van der Waals surface area contributed by atoms with Crippen molar-refractivity contribution in [2.75, 3.05) is 0 Å². The first kappa shape index (κ1) is 20.4. The van der Waals surface area contributed by atoms with E-state index in [2.05, 4.69) is 39.9 Å². The first-order chi connectivity index (χ1) is 14.2. The van der Waals surface area contributed by atoms with Gasteiger partial charge in [-0.05, 0) is 60.6 Å². The summed E-state index contributed by atoms with van der Waals surface area (Å²) in [6.45, 7) is 4.91. The second-order valence-electron chi connectivity index (χ2n) is 10.5. The second kappa shape index (κ2) is 7.01. The molecule has 1 aromatic carbocycles. The third-order valence-corrected chi connectivity index (χ3v) is 9.59. The van der Waals surface area contributed by atoms with Crippen molar-refractivity contribution >= 4 is 33.4 Å². The Morgan fingerprint density at radius 2 is 1.77 bits per heavy atom. The summed E-state index contributed by atoms with van der Waals surface area (Å²) < 4.78 is 1.03. The molecule has 4 aliphatic rings. The number of benzene rings is 1. The normalized spacial score (nSPS) is 40.8. The van der Waals surface area contributed by atoms with Crippen LogP contribution in [0.5, 0.6) is 0 Å². The zero-order valence-corrected chi connectivity index (χ0v) is 19.4. The molecule has 1 unspecified atom stereocenters. The molecule has 0 N–H and O–H groups in total. The van der Waals surface area contributed by atoms with Crippen molar-refractivity contribution in [3.63, 3.8) is 0 Å². The fraction of sp³-hybridized carbons (Fsp3) is 0.640. The van der Waals surface area contributed by atoms with Gasteiger partial charge in [0.2, 0.25) is 5.91 Å². The summed E-state index contributed by atoms with van der Waals surface area (Å²) in [5.74, 6) is 1.40. The van der Waals surface area contributed by atoms with Crippen molar-refractivity contribution in [3.8, 4) is 0 Å². The minimum atomic E-state index is -0.441. The average Bonchev–Trinajstić information content (AvgIpc) is 3.00. The Balaban J connectivity index is 1.47. The number of ketones is 2. The number of carbonyl (C=O) groups is 3. The van der Waals surface area contributed by atoms with Gasteiger partial charge in [-0.15, -0.1) is 0 Å². The van der Waals surface area contributed by atoms with Crippen LogP contribution in [0.3, 0.4) is 0 Å². The number of carbonyl (C=O) groups excluding carboxylic acids is 3. The van der Waals surface area contributed by atoms with E-state index in [4.69, 9.17) is 0 Å². The Morgan fingerprint density at radius 3 is 2.50 bits per heavy atom. The Bertz CT molecular complexity index is 911. The van der Waals surface area contributed by atoms with Gasteiger partial charge in [0.05, 0.1) is 0 Å². The van der Waals surface area contributed by atoms with E-state index in [9.17, 15) is 14.4 Å². The highest BCUT2D eigenvalue weighted by atomic mass is 79.9. The van der Waals surface area contributed by atoms with Gasteiger partial charge in [0.15, 0.2) is 0 Å². The Labute approximate surface area is 186 Å². The molecule has 160 valence electrons. The Hall–Kier alpha value is -1.49. The molecule has 5 heteroatoms. The molecule has 1 heterocycles. The standard InChI is InChI=1S/C25H30BrNO3/c1-24-12-11-22(30)27(14-15-3-5-16(26)6-4-15)20(24)9-7-17-18-8-10-21(29)25(18,2)13-19(28)23(17)24/h3-6,17-18,20,23H,7-14H2,1-2H3/t17-,18-,20?,23+,24-,25-/m0/s1. The first-order valence-corrected chi connectivity index (χ1v) is 12.1. The van der Waals surface area contributed by atoms with Gasteiger partial charge < -0.3 is 4.90 Å². The van der Waals surface area contributed by atoms with E-state index in [1.807, 2.05) is 19.1 Å². The topological polar surface area (TPSA) is 54.5 Å². The molecule has 0 bridgehead atoms. The molecular formula is C25H30BrNO3. The lowest BCUT2D eigenvalue weighted by Crippen LogP contribution is -2.64. The quantitative estimate of drug-likeness (QED) is 0.614. The van der Waals surface area contributed by atoms with Crippen molar-refractivity contribution < 1.29 is 14.4 Å². The highest BCUT2D eigenvalue weighted by Gasteiger charge is 2.64. The van der Waals surface area contributed by atoms with Crippen molar-refractivity contribution in [2.24, 2.45) is 28.6 Å². The summed E-state index contributed by atoms with van der Waals surface area (Å²) in [6.07, 6.45) is 5.17. The summed E-state index contributed by atoms with van der Waals surface area (Å²) in [4.78, 5) is 41.2. The zero-order valence-electron chi connectivity index (χ0n) is 17.8. The molecule has 0 aromatic heterocycles. The molecule has 0 spiro atoms. The Kier molecular flexibility index (Phi) is 4.77. The van der Waals surface area contributed by atoms with Gasteiger partial charge in [-0.2, -0.15) is 0 Å². The maximum absolute atomic E-state index is 13.5. The summed E-state index contributed by atoms with van der Waals surface area (Å²) in [6, 6.07) is 8.27. The van der Waals surface area contributed by atoms with Crippen LogP contribution in [0.2, 0.25) is 0 Å². The van der Waals surface area contributed by atoms with Crippen molar-refractivity contribution in [1.82, 2.24) is 4.90 Å². The second-order valence-corrected chi connectivity index (χ2v) is 11.4. The highest BCUT2D eigenvalue weighted by Crippen LogP contribution is 2.62. The average molecular weight is 472 g/mol. The van der Waals surface area contributed by atoms with Crippen LogP contribution in [0.4, 0.5) is 0 Å². The van der Waals surface area contributed by atoms with Crippen LogP contribution < -0.4 is 0 Å². The summed E-state index contributed by atoms with van der Waals surface area (Å²) in [7, 11) is 0. The van der Waals surface area contributed by atoms with Crippen LogP contribution in [0.1, 0.15) is 64.4 Å². The molecule has 3 aliphatic carbocycles. The Morgan fingerprint density at radius 1 is 1.03 bits per heavy atom. The molecule has 4 fully saturated rings. The molecular weight excluding hydrogens is 442 g/mol. The summed E-state index contributed by atoms with van der Waals surface area (Å²) in [5.41, 5.74) is 0.501. The molecule has 1 amide bonds. The number of halogens is 1. The zero-order chi connectivity index (χ0) is 21.3. The third-order valence-electron chi connectivity index (χ3n) is 9.06. The van der Waals surface area contributed by atoms with Crippen LogP contribution >= 0.6 is 15.9 Å². The minimum absolute atomic E-state index is 0.0132. The molecule has 1 aliphatic heterocycles. The van der Waals surface area contributed by atoms with Gasteiger partial charge in [0, 0.05) is 47.7 Å².